The van der Waals surface area contributed by atoms with E-state index >= 15 is 0 Å². The fourth-order valence-electron chi connectivity index (χ4n) is 2.71. The molecule has 2 aliphatic rings. The maximum absolute atomic E-state index is 12.2. The zero-order valence-electron chi connectivity index (χ0n) is 10.8. The first kappa shape index (κ1) is 12.2. The Bertz CT molecular complexity index is 519. The van der Waals surface area contributed by atoms with Crippen LogP contribution in [0, 0.1) is 11.3 Å². The topological polar surface area (TPSA) is 64.9 Å². The van der Waals surface area contributed by atoms with Crippen molar-refractivity contribution in [3.63, 3.8) is 0 Å². The van der Waals surface area contributed by atoms with Crippen LogP contribution in [0.25, 0.3) is 0 Å². The summed E-state index contributed by atoms with van der Waals surface area (Å²) < 4.78 is 0. The molecule has 4 nitrogen and oxygen atoms in total. The molecule has 0 radical (unpaired) electrons. The van der Waals surface area contributed by atoms with Crippen molar-refractivity contribution in [1.29, 1.82) is 5.26 Å². The lowest BCUT2D eigenvalue weighted by Crippen LogP contribution is -2.45. The van der Waals surface area contributed by atoms with Crippen LogP contribution >= 0.6 is 0 Å². The molecule has 0 bridgehead atoms. The molecule has 2 fully saturated rings. The van der Waals surface area contributed by atoms with Crippen molar-refractivity contribution in [3.05, 3.63) is 35.4 Å². The average molecular weight is 255 g/mol. The Kier molecular flexibility index (Phi) is 3.00. The van der Waals surface area contributed by atoms with E-state index in [4.69, 9.17) is 5.26 Å². The van der Waals surface area contributed by atoms with Crippen LogP contribution in [0.5, 0.6) is 0 Å². The molecule has 2 N–H and O–H groups in total. The molecule has 98 valence electrons. The third-order valence-corrected chi connectivity index (χ3v) is 4.06. The molecular weight excluding hydrogens is 238 g/mol. The molecular formula is C15H17N3O. The SMILES string of the molecule is N#Cc1ccc(C2(NC(=O)[C@@H]3CCCN3)CC2)cc1. The van der Waals surface area contributed by atoms with E-state index in [9.17, 15) is 4.79 Å². The quantitative estimate of drug-likeness (QED) is 0.858. The van der Waals surface area contributed by atoms with E-state index in [1.807, 2.05) is 24.3 Å². The second-order valence-corrected chi connectivity index (χ2v) is 5.41. The minimum absolute atomic E-state index is 0.0316. The maximum atomic E-state index is 12.2. The minimum Gasteiger partial charge on any atom is -0.345 e. The number of hydrogen-bond donors (Lipinski definition) is 2. The predicted molar refractivity (Wildman–Crippen MR) is 71.2 cm³/mol. The number of benzene rings is 1. The Morgan fingerprint density at radius 3 is 2.63 bits per heavy atom. The molecule has 1 saturated heterocycles. The lowest BCUT2D eigenvalue weighted by Gasteiger charge is -2.20. The minimum atomic E-state index is -0.185. The van der Waals surface area contributed by atoms with Crippen LogP contribution in [0.4, 0.5) is 0 Å². The van der Waals surface area contributed by atoms with Gasteiger partial charge in [-0.25, -0.2) is 0 Å². The number of nitrogens with zero attached hydrogens (tertiary/aromatic N) is 1. The third-order valence-electron chi connectivity index (χ3n) is 4.06. The normalized spacial score (nSPS) is 23.6. The van der Waals surface area contributed by atoms with Crippen molar-refractivity contribution < 1.29 is 4.79 Å². The molecule has 1 saturated carbocycles. The van der Waals surface area contributed by atoms with Crippen molar-refractivity contribution in [2.75, 3.05) is 6.54 Å². The van der Waals surface area contributed by atoms with Crippen LogP contribution in [0.15, 0.2) is 24.3 Å². The van der Waals surface area contributed by atoms with Crippen molar-refractivity contribution in [1.82, 2.24) is 10.6 Å². The summed E-state index contributed by atoms with van der Waals surface area (Å²) >= 11 is 0. The summed E-state index contributed by atoms with van der Waals surface area (Å²) in [5.74, 6) is 0.111. The predicted octanol–water partition coefficient (Wildman–Crippen LogP) is 1.42. The fourth-order valence-corrected chi connectivity index (χ4v) is 2.71. The Morgan fingerprint density at radius 2 is 2.11 bits per heavy atom. The lowest BCUT2D eigenvalue weighted by molar-refractivity contribution is -0.123. The smallest absolute Gasteiger partial charge is 0.237 e. The Labute approximate surface area is 112 Å². The van der Waals surface area contributed by atoms with Crippen LogP contribution in [0.3, 0.4) is 0 Å². The van der Waals surface area contributed by atoms with Crippen molar-refractivity contribution in [2.45, 2.75) is 37.3 Å². The molecule has 1 aromatic rings. The number of rotatable bonds is 3. The van der Waals surface area contributed by atoms with Crippen molar-refractivity contribution in [2.24, 2.45) is 0 Å². The molecule has 1 heterocycles. The molecule has 0 spiro atoms. The lowest BCUT2D eigenvalue weighted by atomic mass is 10.0. The summed E-state index contributed by atoms with van der Waals surface area (Å²) in [6.07, 6.45) is 3.96. The van der Waals surface area contributed by atoms with Gasteiger partial charge in [0.05, 0.1) is 23.2 Å². The van der Waals surface area contributed by atoms with Gasteiger partial charge < -0.3 is 10.6 Å². The molecule has 19 heavy (non-hydrogen) atoms. The van der Waals surface area contributed by atoms with E-state index in [1.165, 1.54) is 0 Å². The van der Waals surface area contributed by atoms with Gasteiger partial charge in [-0.1, -0.05) is 12.1 Å². The number of carbonyl (C=O) groups is 1. The van der Waals surface area contributed by atoms with E-state index in [1.54, 1.807) is 0 Å². The first-order valence-corrected chi connectivity index (χ1v) is 6.80. The van der Waals surface area contributed by atoms with Gasteiger partial charge in [0, 0.05) is 0 Å². The first-order valence-electron chi connectivity index (χ1n) is 6.80. The number of amides is 1. The van der Waals surface area contributed by atoms with E-state index in [0.717, 1.165) is 37.8 Å². The average Bonchev–Trinajstić information content (AvgIpc) is 3.02. The van der Waals surface area contributed by atoms with Crippen LogP contribution in [-0.2, 0) is 10.3 Å². The summed E-state index contributed by atoms with van der Waals surface area (Å²) in [7, 11) is 0. The summed E-state index contributed by atoms with van der Waals surface area (Å²) in [6.45, 7) is 0.932. The van der Waals surface area contributed by atoms with Gasteiger partial charge in [0.2, 0.25) is 5.91 Å². The molecule has 0 aromatic heterocycles. The maximum Gasteiger partial charge on any atom is 0.237 e. The largest absolute Gasteiger partial charge is 0.345 e. The highest BCUT2D eigenvalue weighted by Crippen LogP contribution is 2.45. The monoisotopic (exact) mass is 255 g/mol. The van der Waals surface area contributed by atoms with Gasteiger partial charge >= 0.3 is 0 Å². The summed E-state index contributed by atoms with van der Waals surface area (Å²) in [5, 5.41) is 15.2. The highest BCUT2D eigenvalue weighted by Gasteiger charge is 2.46. The highest BCUT2D eigenvalue weighted by molar-refractivity contribution is 5.83. The van der Waals surface area contributed by atoms with Crippen LogP contribution in [0.1, 0.15) is 36.8 Å². The van der Waals surface area contributed by atoms with Crippen LogP contribution in [0.2, 0.25) is 0 Å². The second kappa shape index (κ2) is 4.67. The summed E-state index contributed by atoms with van der Waals surface area (Å²) in [5.41, 5.74) is 1.58. The number of carbonyl (C=O) groups excluding carboxylic acids is 1. The van der Waals surface area contributed by atoms with E-state index in [0.29, 0.717) is 5.56 Å². The summed E-state index contributed by atoms with van der Waals surface area (Å²) in [6, 6.07) is 9.62. The van der Waals surface area contributed by atoms with Crippen molar-refractivity contribution in [3.8, 4) is 6.07 Å². The van der Waals surface area contributed by atoms with E-state index < -0.39 is 0 Å². The molecule has 1 aliphatic carbocycles. The summed E-state index contributed by atoms with van der Waals surface area (Å²) in [4.78, 5) is 12.2. The third kappa shape index (κ3) is 2.34. The Morgan fingerprint density at radius 1 is 1.37 bits per heavy atom. The Balaban J connectivity index is 1.72. The molecule has 1 aliphatic heterocycles. The first-order chi connectivity index (χ1) is 9.23. The number of nitrogens with one attached hydrogen (secondary N) is 2. The van der Waals surface area contributed by atoms with Gasteiger partial charge in [-0.05, 0) is 49.9 Å². The van der Waals surface area contributed by atoms with E-state index in [2.05, 4.69) is 16.7 Å². The van der Waals surface area contributed by atoms with Crippen molar-refractivity contribution >= 4 is 5.91 Å². The van der Waals surface area contributed by atoms with Crippen LogP contribution in [-0.4, -0.2) is 18.5 Å². The number of nitriles is 1. The zero-order valence-corrected chi connectivity index (χ0v) is 10.8. The Hall–Kier alpha value is -1.86. The van der Waals surface area contributed by atoms with Gasteiger partial charge in [-0.2, -0.15) is 5.26 Å². The highest BCUT2D eigenvalue weighted by atomic mass is 16.2. The fraction of sp³-hybridized carbons (Fsp3) is 0.467. The van der Waals surface area contributed by atoms with Gasteiger partial charge in [-0.15, -0.1) is 0 Å². The molecule has 1 amide bonds. The molecule has 0 unspecified atom stereocenters. The molecule has 1 aromatic carbocycles. The standard InChI is InChI=1S/C15H17N3O/c16-10-11-3-5-12(6-4-11)15(7-8-15)18-14(19)13-2-1-9-17-13/h3-6,13,17H,1-2,7-9H2,(H,18,19)/t13-/m0/s1. The molecule has 3 rings (SSSR count). The second-order valence-electron chi connectivity index (χ2n) is 5.41. The van der Waals surface area contributed by atoms with Gasteiger partial charge in [0.1, 0.15) is 0 Å². The van der Waals surface area contributed by atoms with Gasteiger partial charge in [0.25, 0.3) is 0 Å². The van der Waals surface area contributed by atoms with Gasteiger partial charge in [-0.3, -0.25) is 4.79 Å². The molecule has 4 heteroatoms. The number of hydrogen-bond acceptors (Lipinski definition) is 3. The zero-order chi connectivity index (χ0) is 13.3. The van der Waals surface area contributed by atoms with Crippen LogP contribution < -0.4 is 10.6 Å². The van der Waals surface area contributed by atoms with E-state index in [-0.39, 0.29) is 17.5 Å². The molecule has 1 atom stereocenters. The van der Waals surface area contributed by atoms with Gasteiger partial charge in [0.15, 0.2) is 0 Å².